The zero-order valence-electron chi connectivity index (χ0n) is 10.4. The van der Waals surface area contributed by atoms with E-state index in [1.165, 1.54) is 16.7 Å². The smallest absolute Gasteiger partial charge is 0.0190 e. The molecule has 0 aliphatic carbocycles. The highest BCUT2D eigenvalue weighted by molar-refractivity contribution is 5.34. The molecule has 1 heteroatoms. The number of hydrogen-bond acceptors (Lipinski definition) is 1. The van der Waals surface area contributed by atoms with Crippen molar-refractivity contribution in [3.63, 3.8) is 0 Å². The zero-order chi connectivity index (χ0) is 11.5. The second-order valence-electron chi connectivity index (χ2n) is 4.62. The molecule has 84 valence electrons. The molecule has 0 aliphatic heterocycles. The first-order chi connectivity index (χ1) is 7.02. The Balaban J connectivity index is 2.98. The number of aryl methyl sites for hydroxylation is 2. The third kappa shape index (κ3) is 2.82. The van der Waals surface area contributed by atoms with Crippen molar-refractivity contribution in [2.24, 2.45) is 5.73 Å². The van der Waals surface area contributed by atoms with Crippen LogP contribution in [0.15, 0.2) is 18.2 Å². The molecular weight excluding hydrogens is 182 g/mol. The topological polar surface area (TPSA) is 26.0 Å². The first kappa shape index (κ1) is 12.3. The van der Waals surface area contributed by atoms with Gasteiger partial charge in [-0.2, -0.15) is 0 Å². The second-order valence-corrected chi connectivity index (χ2v) is 4.62. The van der Waals surface area contributed by atoms with Crippen LogP contribution in [-0.2, 0) is 6.42 Å². The molecule has 0 saturated heterocycles. The van der Waals surface area contributed by atoms with Crippen molar-refractivity contribution in [2.45, 2.75) is 52.5 Å². The molecule has 15 heavy (non-hydrogen) atoms. The van der Waals surface area contributed by atoms with Crippen LogP contribution in [0.3, 0.4) is 0 Å². The Labute approximate surface area is 93.7 Å². The van der Waals surface area contributed by atoms with E-state index in [2.05, 4.69) is 45.9 Å². The molecule has 1 rings (SSSR count). The summed E-state index contributed by atoms with van der Waals surface area (Å²) in [4.78, 5) is 0. The van der Waals surface area contributed by atoms with Crippen molar-refractivity contribution in [1.29, 1.82) is 0 Å². The van der Waals surface area contributed by atoms with Gasteiger partial charge in [-0.3, -0.25) is 0 Å². The normalized spacial score (nSPS) is 11.8. The first-order valence-corrected chi connectivity index (χ1v) is 5.86. The van der Waals surface area contributed by atoms with Gasteiger partial charge in [0.25, 0.3) is 0 Å². The molecule has 0 spiro atoms. The maximum absolute atomic E-state index is 6.37. The summed E-state index contributed by atoms with van der Waals surface area (Å²) in [7, 11) is 0. The third-order valence-corrected chi connectivity index (χ3v) is 3.58. The molecule has 2 N–H and O–H groups in total. The molecule has 0 saturated carbocycles. The van der Waals surface area contributed by atoms with Crippen molar-refractivity contribution < 1.29 is 0 Å². The van der Waals surface area contributed by atoms with Crippen LogP contribution >= 0.6 is 0 Å². The van der Waals surface area contributed by atoms with E-state index in [0.29, 0.717) is 0 Å². The van der Waals surface area contributed by atoms with Gasteiger partial charge in [-0.15, -0.1) is 0 Å². The fourth-order valence-corrected chi connectivity index (χ4v) is 1.98. The van der Waals surface area contributed by atoms with Crippen LogP contribution in [0.2, 0.25) is 0 Å². The molecule has 1 aromatic carbocycles. The van der Waals surface area contributed by atoms with Crippen molar-refractivity contribution in [3.8, 4) is 0 Å². The minimum absolute atomic E-state index is 0.0309. The highest BCUT2D eigenvalue weighted by atomic mass is 14.7. The van der Waals surface area contributed by atoms with E-state index in [1.54, 1.807) is 0 Å². The standard InChI is InChI=1S/C14H23N/c1-5-14(15,6-2)10-13-11(3)8-7-9-12(13)4/h7-9H,5-6,10,15H2,1-4H3. The fraction of sp³-hybridized carbons (Fsp3) is 0.571. The maximum Gasteiger partial charge on any atom is 0.0190 e. The van der Waals surface area contributed by atoms with Crippen molar-refractivity contribution in [1.82, 2.24) is 0 Å². The molecule has 0 aliphatic rings. The Morgan fingerprint density at radius 3 is 1.93 bits per heavy atom. The van der Waals surface area contributed by atoms with Gasteiger partial charge in [0.05, 0.1) is 0 Å². The second kappa shape index (κ2) is 4.80. The molecule has 0 aromatic heterocycles. The molecule has 0 atom stereocenters. The predicted octanol–water partition coefficient (Wildman–Crippen LogP) is 3.36. The molecule has 0 fully saturated rings. The number of benzene rings is 1. The Morgan fingerprint density at radius 1 is 1.07 bits per heavy atom. The molecule has 0 unspecified atom stereocenters. The largest absolute Gasteiger partial charge is 0.325 e. The summed E-state index contributed by atoms with van der Waals surface area (Å²) in [5.41, 5.74) is 10.5. The monoisotopic (exact) mass is 205 g/mol. The van der Waals surface area contributed by atoms with Gasteiger partial charge in [-0.05, 0) is 49.8 Å². The van der Waals surface area contributed by atoms with E-state index >= 15 is 0 Å². The average molecular weight is 205 g/mol. The highest BCUT2D eigenvalue weighted by Crippen LogP contribution is 2.23. The number of nitrogens with two attached hydrogens (primary N) is 1. The van der Waals surface area contributed by atoms with Gasteiger partial charge in [0, 0.05) is 5.54 Å². The van der Waals surface area contributed by atoms with Crippen molar-refractivity contribution in [2.75, 3.05) is 0 Å². The first-order valence-electron chi connectivity index (χ1n) is 5.86. The molecule has 0 heterocycles. The predicted molar refractivity (Wildman–Crippen MR) is 67.1 cm³/mol. The summed E-state index contributed by atoms with van der Waals surface area (Å²) in [6.45, 7) is 8.70. The van der Waals surface area contributed by atoms with Gasteiger partial charge in [0.2, 0.25) is 0 Å². The fourth-order valence-electron chi connectivity index (χ4n) is 1.98. The molecule has 0 amide bonds. The number of rotatable bonds is 4. The van der Waals surface area contributed by atoms with Crippen molar-refractivity contribution >= 4 is 0 Å². The average Bonchev–Trinajstić information content (AvgIpc) is 2.23. The summed E-state index contributed by atoms with van der Waals surface area (Å²) in [5, 5.41) is 0. The summed E-state index contributed by atoms with van der Waals surface area (Å²) < 4.78 is 0. The highest BCUT2D eigenvalue weighted by Gasteiger charge is 2.22. The van der Waals surface area contributed by atoms with Gasteiger partial charge >= 0.3 is 0 Å². The van der Waals surface area contributed by atoms with Gasteiger partial charge in [-0.25, -0.2) is 0 Å². The van der Waals surface area contributed by atoms with Crippen molar-refractivity contribution in [3.05, 3.63) is 34.9 Å². The zero-order valence-corrected chi connectivity index (χ0v) is 10.4. The van der Waals surface area contributed by atoms with E-state index in [0.717, 1.165) is 19.3 Å². The van der Waals surface area contributed by atoms with Crippen LogP contribution in [0, 0.1) is 13.8 Å². The van der Waals surface area contributed by atoms with E-state index in [9.17, 15) is 0 Å². The van der Waals surface area contributed by atoms with E-state index in [4.69, 9.17) is 5.73 Å². The maximum atomic E-state index is 6.37. The molecular formula is C14H23N. The molecule has 0 bridgehead atoms. The minimum Gasteiger partial charge on any atom is -0.325 e. The minimum atomic E-state index is -0.0309. The lowest BCUT2D eigenvalue weighted by atomic mass is 9.84. The summed E-state index contributed by atoms with van der Waals surface area (Å²) in [6.07, 6.45) is 3.08. The van der Waals surface area contributed by atoms with Crippen LogP contribution in [0.25, 0.3) is 0 Å². The molecule has 1 aromatic rings. The quantitative estimate of drug-likeness (QED) is 0.801. The lowest BCUT2D eigenvalue weighted by molar-refractivity contribution is 0.392. The van der Waals surface area contributed by atoms with Gasteiger partial charge in [-0.1, -0.05) is 32.0 Å². The Bertz CT molecular complexity index is 304. The number of hydrogen-bond donors (Lipinski definition) is 1. The SMILES string of the molecule is CCC(N)(CC)Cc1c(C)cccc1C. The van der Waals surface area contributed by atoms with Gasteiger partial charge in [0.1, 0.15) is 0 Å². The lowest BCUT2D eigenvalue weighted by Crippen LogP contribution is -2.41. The van der Waals surface area contributed by atoms with Crippen LogP contribution in [0.4, 0.5) is 0 Å². The Morgan fingerprint density at radius 2 is 1.53 bits per heavy atom. The van der Waals surface area contributed by atoms with E-state index in [1.807, 2.05) is 0 Å². The van der Waals surface area contributed by atoms with Crippen LogP contribution in [0.5, 0.6) is 0 Å². The summed E-state index contributed by atoms with van der Waals surface area (Å²) >= 11 is 0. The lowest BCUT2D eigenvalue weighted by Gasteiger charge is -2.28. The summed E-state index contributed by atoms with van der Waals surface area (Å²) in [5.74, 6) is 0. The third-order valence-electron chi connectivity index (χ3n) is 3.58. The van der Waals surface area contributed by atoms with Crippen LogP contribution in [-0.4, -0.2) is 5.54 Å². The Kier molecular flexibility index (Phi) is 3.92. The van der Waals surface area contributed by atoms with Crippen LogP contribution < -0.4 is 5.73 Å². The van der Waals surface area contributed by atoms with Gasteiger partial charge in [0.15, 0.2) is 0 Å². The Hall–Kier alpha value is -0.820. The van der Waals surface area contributed by atoms with E-state index in [-0.39, 0.29) is 5.54 Å². The van der Waals surface area contributed by atoms with E-state index < -0.39 is 0 Å². The molecule has 0 radical (unpaired) electrons. The van der Waals surface area contributed by atoms with Crippen LogP contribution in [0.1, 0.15) is 43.4 Å². The molecule has 1 nitrogen and oxygen atoms in total. The summed E-state index contributed by atoms with van der Waals surface area (Å²) in [6, 6.07) is 6.46. The van der Waals surface area contributed by atoms with Gasteiger partial charge < -0.3 is 5.73 Å².